The number of aliphatic hydroxyl groups excluding tert-OH is 2. The Morgan fingerprint density at radius 2 is 1.62 bits per heavy atom. The van der Waals surface area contributed by atoms with E-state index in [0.29, 0.717) is 38.5 Å². The van der Waals surface area contributed by atoms with E-state index in [9.17, 15) is 20.1 Å². The fourth-order valence-electron chi connectivity index (χ4n) is 9.80. The molecule has 4 aliphatic rings. The molecule has 12 heteroatoms. The molecule has 0 radical (unpaired) electrons. The molecule has 0 spiro atoms. The normalized spacial score (nSPS) is 49.7. The van der Waals surface area contributed by atoms with Gasteiger partial charge in [0.1, 0.15) is 11.7 Å². The maximum Gasteiger partial charge on any atom is 0.225 e. The Hall–Kier alpha value is -0.930. The van der Waals surface area contributed by atoms with Gasteiger partial charge in [-0.05, 0) is 80.7 Å². The number of nitrogens with one attached hydrogen (secondary N) is 1. The molecule has 0 saturated carbocycles. The molecule has 2 bridgehead atoms. The average Bonchev–Trinajstić information content (AvgIpc) is 3.38. The van der Waals surface area contributed by atoms with Gasteiger partial charge in [0.2, 0.25) is 5.91 Å². The Kier molecular flexibility index (Phi) is 14.4. The SMILES string of the molecule is CCC[C@H]1NC(=O)[C@H](C)[C@@H](O[C@H]2C[C@@](C)(OC)C[C@H](C)O2)[C@H](C)[C@@H](O[C@@H]2O[C@H](C)C[C@H](N(C)C(C)C)[C@H]2O)[C@@]2(C)C[C@@H](C)[C@H](O2)[C@H](C)[C@@H](O)[C@]1(C)O. The van der Waals surface area contributed by atoms with E-state index >= 15 is 0 Å². The molecule has 1 amide bonds. The predicted molar refractivity (Wildman–Crippen MR) is 198 cm³/mol. The lowest BCUT2D eigenvalue weighted by molar-refractivity contribution is -0.312. The minimum atomic E-state index is -1.64. The number of carbonyl (C=O) groups excluding carboxylic acids is 1. The summed E-state index contributed by atoms with van der Waals surface area (Å²) < 4.78 is 39.7. The minimum absolute atomic E-state index is 0.0106. The largest absolute Gasteiger partial charge is 0.390 e. The van der Waals surface area contributed by atoms with Crippen LogP contribution in [-0.2, 0) is 33.2 Å². The molecule has 4 heterocycles. The summed E-state index contributed by atoms with van der Waals surface area (Å²) in [5, 5.41) is 38.8. The number of hydrogen-bond donors (Lipinski definition) is 4. The summed E-state index contributed by atoms with van der Waals surface area (Å²) in [6, 6.07) is -0.723. The van der Waals surface area contributed by atoms with Crippen LogP contribution in [0.1, 0.15) is 122 Å². The summed E-state index contributed by atoms with van der Waals surface area (Å²) in [5.41, 5.74) is -3.07. The second kappa shape index (κ2) is 17.1. The van der Waals surface area contributed by atoms with E-state index in [2.05, 4.69) is 31.0 Å². The van der Waals surface area contributed by atoms with Crippen molar-refractivity contribution in [3.8, 4) is 0 Å². The summed E-state index contributed by atoms with van der Waals surface area (Å²) in [4.78, 5) is 16.6. The van der Waals surface area contributed by atoms with Crippen molar-refractivity contribution in [2.45, 2.75) is 212 Å². The number of ether oxygens (including phenoxy) is 6. The average molecular weight is 743 g/mol. The first-order valence-corrected chi connectivity index (χ1v) is 20.0. The van der Waals surface area contributed by atoms with Gasteiger partial charge in [-0.3, -0.25) is 9.69 Å². The van der Waals surface area contributed by atoms with E-state index < -0.39 is 83.7 Å². The van der Waals surface area contributed by atoms with Crippen LogP contribution in [0.15, 0.2) is 0 Å². The summed E-state index contributed by atoms with van der Waals surface area (Å²) in [7, 11) is 3.71. The lowest BCUT2D eigenvalue weighted by atomic mass is 9.75. The van der Waals surface area contributed by atoms with Crippen LogP contribution in [0.3, 0.4) is 0 Å². The van der Waals surface area contributed by atoms with E-state index in [0.717, 1.165) is 0 Å². The highest BCUT2D eigenvalue weighted by molar-refractivity contribution is 5.79. The second-order valence-electron chi connectivity index (χ2n) is 18.1. The number of fused-ring (bicyclic) bond motifs is 2. The number of methoxy groups -OCH3 is 1. The second-order valence-corrected chi connectivity index (χ2v) is 18.1. The fourth-order valence-corrected chi connectivity index (χ4v) is 9.80. The highest BCUT2D eigenvalue weighted by atomic mass is 16.7. The monoisotopic (exact) mass is 743 g/mol. The van der Waals surface area contributed by atoms with Crippen LogP contribution in [0.5, 0.6) is 0 Å². The molecule has 4 saturated heterocycles. The molecular weight excluding hydrogens is 668 g/mol. The zero-order chi connectivity index (χ0) is 39.1. The zero-order valence-electron chi connectivity index (χ0n) is 34.6. The highest BCUT2D eigenvalue weighted by Gasteiger charge is 2.57. The summed E-state index contributed by atoms with van der Waals surface area (Å²) >= 11 is 0. The summed E-state index contributed by atoms with van der Waals surface area (Å²) in [6.07, 6.45) is -2.47. The highest BCUT2D eigenvalue weighted by Crippen LogP contribution is 2.47. The van der Waals surface area contributed by atoms with Gasteiger partial charge in [-0.25, -0.2) is 0 Å². The molecule has 4 fully saturated rings. The first-order valence-electron chi connectivity index (χ1n) is 20.0. The quantitative estimate of drug-likeness (QED) is 0.267. The maximum absolute atomic E-state index is 14.4. The third-order valence-corrected chi connectivity index (χ3v) is 13.1. The van der Waals surface area contributed by atoms with Gasteiger partial charge >= 0.3 is 0 Å². The molecule has 4 N–H and O–H groups in total. The van der Waals surface area contributed by atoms with Crippen LogP contribution >= 0.6 is 0 Å². The van der Waals surface area contributed by atoms with Crippen LogP contribution in [0.2, 0.25) is 0 Å². The Labute approximate surface area is 313 Å². The number of likely N-dealkylation sites (N-methyl/N-ethyl adjacent to an activating group) is 1. The van der Waals surface area contributed by atoms with E-state index in [-0.39, 0.29) is 36.1 Å². The van der Waals surface area contributed by atoms with Crippen molar-refractivity contribution in [2.75, 3.05) is 14.2 Å². The lowest BCUT2D eigenvalue weighted by Gasteiger charge is -2.48. The number of rotatable bonds is 9. The third-order valence-electron chi connectivity index (χ3n) is 13.1. The van der Waals surface area contributed by atoms with Crippen molar-refractivity contribution < 1.29 is 48.5 Å². The van der Waals surface area contributed by atoms with Gasteiger partial charge in [0.05, 0.1) is 59.8 Å². The molecule has 4 aliphatic heterocycles. The number of amides is 1. The molecule has 52 heavy (non-hydrogen) atoms. The van der Waals surface area contributed by atoms with Gasteiger partial charge in [-0.15, -0.1) is 0 Å². The van der Waals surface area contributed by atoms with Crippen molar-refractivity contribution in [2.24, 2.45) is 23.7 Å². The number of nitrogens with zero attached hydrogens (tertiary/aromatic N) is 1. The minimum Gasteiger partial charge on any atom is -0.390 e. The first-order chi connectivity index (χ1) is 24.1. The number of carbonyl (C=O) groups is 1. The molecule has 0 aliphatic carbocycles. The Morgan fingerprint density at radius 3 is 2.21 bits per heavy atom. The van der Waals surface area contributed by atoms with Crippen molar-refractivity contribution in [1.29, 1.82) is 0 Å². The molecular formula is C40H74N2O10. The van der Waals surface area contributed by atoms with Gasteiger partial charge in [0, 0.05) is 43.9 Å². The van der Waals surface area contributed by atoms with Gasteiger partial charge in [0.25, 0.3) is 0 Å². The topological polar surface area (TPSA) is 148 Å². The van der Waals surface area contributed by atoms with Crippen LogP contribution in [0.4, 0.5) is 0 Å². The molecule has 0 aromatic carbocycles. The van der Waals surface area contributed by atoms with E-state index in [1.165, 1.54) is 0 Å². The van der Waals surface area contributed by atoms with Gasteiger partial charge in [-0.1, -0.05) is 41.0 Å². The molecule has 12 nitrogen and oxygen atoms in total. The van der Waals surface area contributed by atoms with Crippen LogP contribution < -0.4 is 5.32 Å². The van der Waals surface area contributed by atoms with Gasteiger partial charge in [-0.2, -0.15) is 0 Å². The lowest BCUT2D eigenvalue weighted by Crippen LogP contribution is -2.61. The van der Waals surface area contributed by atoms with E-state index in [1.54, 1.807) is 14.0 Å². The molecule has 304 valence electrons. The Morgan fingerprint density at radius 1 is 0.962 bits per heavy atom. The summed E-state index contributed by atoms with van der Waals surface area (Å²) in [5.74, 6) is -2.02. The van der Waals surface area contributed by atoms with Gasteiger partial charge in [0.15, 0.2) is 12.6 Å². The van der Waals surface area contributed by atoms with E-state index in [1.807, 2.05) is 62.4 Å². The summed E-state index contributed by atoms with van der Waals surface area (Å²) in [6.45, 7) is 23.7. The third kappa shape index (κ3) is 9.19. The van der Waals surface area contributed by atoms with Crippen LogP contribution in [0.25, 0.3) is 0 Å². The standard InChI is InChI=1S/C40H74N2O10/c1-15-16-29-40(12,46)34(44)25(7)32-22(4)18-39(11,52-32)35(51-37-31(43)28(17-23(5)49-37)42(13)21(2)3)26(8)33(27(9)36(45)41-29)50-30-20-38(10,47-14)19-24(6)48-30/h21-35,37,43-44,46H,15-20H2,1-14H3,(H,41,45)/t22-,23-,24+,25+,26+,27-,28+,29-,30+,31-,32+,33+,34-,35-,37+,38+,39-,40-/m1/s1. The zero-order valence-corrected chi connectivity index (χ0v) is 34.6. The number of aliphatic hydroxyl groups is 3. The molecule has 0 unspecified atom stereocenters. The molecule has 0 aromatic heterocycles. The first kappa shape index (κ1) is 43.8. The predicted octanol–water partition coefficient (Wildman–Crippen LogP) is 4.39. The van der Waals surface area contributed by atoms with Gasteiger partial charge < -0.3 is 49.1 Å². The van der Waals surface area contributed by atoms with Crippen LogP contribution in [-0.4, -0.2) is 131 Å². The molecule has 18 atom stereocenters. The Bertz CT molecular complexity index is 1180. The maximum atomic E-state index is 14.4. The van der Waals surface area contributed by atoms with E-state index in [4.69, 9.17) is 28.4 Å². The number of hydrogen-bond acceptors (Lipinski definition) is 11. The van der Waals surface area contributed by atoms with Crippen molar-refractivity contribution in [3.63, 3.8) is 0 Å². The molecule has 0 aromatic rings. The fraction of sp³-hybridized carbons (Fsp3) is 0.975. The Balaban J connectivity index is 1.84. The van der Waals surface area contributed by atoms with Crippen molar-refractivity contribution >= 4 is 5.91 Å². The van der Waals surface area contributed by atoms with Crippen molar-refractivity contribution in [1.82, 2.24) is 10.2 Å². The van der Waals surface area contributed by atoms with Crippen LogP contribution in [0, 0.1) is 23.7 Å². The smallest absolute Gasteiger partial charge is 0.225 e. The van der Waals surface area contributed by atoms with Crippen molar-refractivity contribution in [3.05, 3.63) is 0 Å². The molecule has 4 rings (SSSR count).